The molecule has 2 rings (SSSR count). The Balaban J connectivity index is 2.39. The van der Waals surface area contributed by atoms with Gasteiger partial charge in [-0.1, -0.05) is 13.2 Å². The van der Waals surface area contributed by atoms with Crippen molar-refractivity contribution in [2.75, 3.05) is 7.05 Å². The Morgan fingerprint density at radius 2 is 2.24 bits per heavy atom. The average Bonchev–Trinajstić information content (AvgIpc) is 2.74. The van der Waals surface area contributed by atoms with Gasteiger partial charge in [-0.15, -0.1) is 0 Å². The first-order valence-electron chi connectivity index (χ1n) is 6.62. The molecule has 0 spiro atoms. The molecule has 0 aliphatic heterocycles. The lowest BCUT2D eigenvalue weighted by atomic mass is 10.1. The summed E-state index contributed by atoms with van der Waals surface area (Å²) in [7, 11) is 1.75. The second-order valence-corrected chi connectivity index (χ2v) is 4.80. The number of nitrogens with zero attached hydrogens (tertiary/aromatic N) is 2. The molecule has 2 aromatic rings. The summed E-state index contributed by atoms with van der Waals surface area (Å²) in [5.74, 6) is -0.499. The number of rotatable bonds is 4. The van der Waals surface area contributed by atoms with Crippen molar-refractivity contribution in [3.8, 4) is 0 Å². The highest BCUT2D eigenvalue weighted by Gasteiger charge is 2.03. The van der Waals surface area contributed by atoms with Gasteiger partial charge in [0.05, 0.1) is 0 Å². The molecule has 0 aliphatic rings. The molecule has 0 unspecified atom stereocenters. The molecule has 4 heteroatoms. The summed E-state index contributed by atoms with van der Waals surface area (Å²) in [5.41, 5.74) is 3.73. The van der Waals surface area contributed by atoms with E-state index in [0.29, 0.717) is 0 Å². The van der Waals surface area contributed by atoms with Gasteiger partial charge in [-0.25, -0.2) is 4.98 Å². The van der Waals surface area contributed by atoms with Crippen molar-refractivity contribution in [3.05, 3.63) is 58.2 Å². The molecule has 0 aliphatic carbocycles. The molecule has 21 heavy (non-hydrogen) atoms. The van der Waals surface area contributed by atoms with Gasteiger partial charge in [-0.05, 0) is 47.1 Å². The van der Waals surface area contributed by atoms with E-state index in [0.717, 1.165) is 39.4 Å². The Morgan fingerprint density at radius 3 is 2.86 bits per heavy atom. The molecule has 0 saturated carbocycles. The van der Waals surface area contributed by atoms with Crippen molar-refractivity contribution in [2.24, 2.45) is 4.99 Å². The molecule has 0 aromatic carbocycles. The first-order chi connectivity index (χ1) is 10.0. The third-order valence-electron chi connectivity index (χ3n) is 3.41. The normalized spacial score (nSPS) is 12.2. The Hall–Kier alpha value is -2.49. The van der Waals surface area contributed by atoms with Crippen molar-refractivity contribution >= 4 is 24.4 Å². The van der Waals surface area contributed by atoms with Crippen LogP contribution in [-0.4, -0.2) is 23.2 Å². The second kappa shape index (κ2) is 6.31. The van der Waals surface area contributed by atoms with E-state index >= 15 is 0 Å². The minimum Gasteiger partial charge on any atom is -0.358 e. The molecule has 108 valence electrons. The van der Waals surface area contributed by atoms with E-state index in [1.165, 1.54) is 12.3 Å². The molecule has 2 aromatic heterocycles. The number of hydrogen-bond acceptors (Lipinski definition) is 2. The predicted molar refractivity (Wildman–Crippen MR) is 86.1 cm³/mol. The lowest BCUT2D eigenvalue weighted by Crippen LogP contribution is -2.22. The molecule has 3 nitrogen and oxygen atoms in total. The fourth-order valence-electron chi connectivity index (χ4n) is 2.05. The number of aromatic nitrogens is 2. The van der Waals surface area contributed by atoms with Crippen LogP contribution < -0.4 is 10.6 Å². The molecule has 2 heterocycles. The summed E-state index contributed by atoms with van der Waals surface area (Å²) in [5, 5.41) is 1.84. The minimum absolute atomic E-state index is 0.499. The molecule has 0 radical (unpaired) electrons. The molecule has 1 N–H and O–H groups in total. The number of allylic oxidation sites excluding steroid dienone is 1. The lowest BCUT2D eigenvalue weighted by Gasteiger charge is -1.98. The van der Waals surface area contributed by atoms with E-state index in [4.69, 9.17) is 0 Å². The maximum absolute atomic E-state index is 12.8. The maximum atomic E-state index is 12.8. The van der Waals surface area contributed by atoms with Crippen LogP contribution in [0.3, 0.4) is 0 Å². The van der Waals surface area contributed by atoms with E-state index < -0.39 is 5.95 Å². The number of nitrogens with one attached hydrogen (secondary N) is 1. The van der Waals surface area contributed by atoms with Gasteiger partial charge in [0, 0.05) is 36.9 Å². The van der Waals surface area contributed by atoms with Gasteiger partial charge >= 0.3 is 0 Å². The van der Waals surface area contributed by atoms with Gasteiger partial charge in [0.1, 0.15) is 0 Å². The first-order valence-corrected chi connectivity index (χ1v) is 6.62. The molecule has 0 atom stereocenters. The zero-order chi connectivity index (χ0) is 15.4. The summed E-state index contributed by atoms with van der Waals surface area (Å²) >= 11 is 0. The Labute approximate surface area is 123 Å². The van der Waals surface area contributed by atoms with Crippen molar-refractivity contribution in [2.45, 2.75) is 13.3 Å². The van der Waals surface area contributed by atoms with E-state index in [9.17, 15) is 4.39 Å². The van der Waals surface area contributed by atoms with Crippen molar-refractivity contribution in [1.82, 2.24) is 9.97 Å². The number of H-pyrrole nitrogens is 1. The van der Waals surface area contributed by atoms with Gasteiger partial charge in [-0.2, -0.15) is 4.39 Å². The quantitative estimate of drug-likeness (QED) is 0.677. The standard InChI is InChI=1S/C17H18FN3/c1-11(14-5-6-17(18)20-10-14)9-16-13(3)12(2)15(21-16)7-8-19-4/h5-6,8-10,21H,1,3,7H2,2,4H3/b16-9+,19-8?. The minimum atomic E-state index is -0.499. The summed E-state index contributed by atoms with van der Waals surface area (Å²) in [6.07, 6.45) is 5.96. The largest absolute Gasteiger partial charge is 0.358 e. The van der Waals surface area contributed by atoms with Gasteiger partial charge in [0.25, 0.3) is 0 Å². The van der Waals surface area contributed by atoms with E-state index in [-0.39, 0.29) is 0 Å². The van der Waals surface area contributed by atoms with Crippen LogP contribution >= 0.6 is 0 Å². The molecular formula is C17H18FN3. The summed E-state index contributed by atoms with van der Waals surface area (Å²) < 4.78 is 12.8. The number of halogens is 1. The fourth-order valence-corrected chi connectivity index (χ4v) is 2.05. The highest BCUT2D eigenvalue weighted by molar-refractivity contribution is 5.86. The summed E-state index contributed by atoms with van der Waals surface area (Å²) in [6.45, 7) is 10.1. The third kappa shape index (κ3) is 3.34. The topological polar surface area (TPSA) is 41.0 Å². The SMILES string of the molecule is C=C(/C=c1/[nH]c(CC=NC)c(C)c1=C)c1ccc(F)nc1. The van der Waals surface area contributed by atoms with Crippen LogP contribution in [0.25, 0.3) is 18.2 Å². The molecule has 0 saturated heterocycles. The Morgan fingerprint density at radius 1 is 1.48 bits per heavy atom. The van der Waals surface area contributed by atoms with Crippen molar-refractivity contribution < 1.29 is 4.39 Å². The summed E-state index contributed by atoms with van der Waals surface area (Å²) in [6, 6.07) is 2.98. The zero-order valence-electron chi connectivity index (χ0n) is 12.3. The van der Waals surface area contributed by atoms with Crippen LogP contribution in [-0.2, 0) is 6.42 Å². The van der Waals surface area contributed by atoms with Gasteiger partial charge in [0.2, 0.25) is 5.95 Å². The van der Waals surface area contributed by atoms with Crippen LogP contribution in [0.2, 0.25) is 0 Å². The number of aliphatic imine (C=N–C) groups is 1. The number of hydrogen-bond donors (Lipinski definition) is 1. The van der Waals surface area contributed by atoms with Crippen LogP contribution in [0, 0.1) is 12.9 Å². The molecule has 0 fully saturated rings. The second-order valence-electron chi connectivity index (χ2n) is 4.80. The highest BCUT2D eigenvalue weighted by Crippen LogP contribution is 2.12. The van der Waals surface area contributed by atoms with Crippen LogP contribution in [0.4, 0.5) is 4.39 Å². The van der Waals surface area contributed by atoms with Crippen LogP contribution in [0.5, 0.6) is 0 Å². The van der Waals surface area contributed by atoms with Gasteiger partial charge in [-0.3, -0.25) is 0 Å². The third-order valence-corrected chi connectivity index (χ3v) is 3.41. The van der Waals surface area contributed by atoms with E-state index in [1.807, 2.05) is 19.2 Å². The Kier molecular flexibility index (Phi) is 4.48. The number of pyridine rings is 1. The fraction of sp³-hybridized carbons (Fsp3) is 0.176. The van der Waals surface area contributed by atoms with Crippen LogP contribution in [0.15, 0.2) is 29.9 Å². The lowest BCUT2D eigenvalue weighted by molar-refractivity contribution is 0.583. The monoisotopic (exact) mass is 283 g/mol. The van der Waals surface area contributed by atoms with Gasteiger partial charge in [0.15, 0.2) is 0 Å². The first kappa shape index (κ1) is 14.9. The number of aromatic amines is 1. The van der Waals surface area contributed by atoms with Crippen LogP contribution in [0.1, 0.15) is 16.8 Å². The van der Waals surface area contributed by atoms with E-state index in [2.05, 4.69) is 28.1 Å². The maximum Gasteiger partial charge on any atom is 0.212 e. The molecule has 0 amide bonds. The van der Waals surface area contributed by atoms with Crippen molar-refractivity contribution in [3.63, 3.8) is 0 Å². The van der Waals surface area contributed by atoms with Gasteiger partial charge < -0.3 is 9.98 Å². The highest BCUT2D eigenvalue weighted by atomic mass is 19.1. The summed E-state index contributed by atoms with van der Waals surface area (Å²) in [4.78, 5) is 11.0. The zero-order valence-corrected chi connectivity index (χ0v) is 12.3. The predicted octanol–water partition coefficient (Wildman–Crippen LogP) is 2.00. The molecular weight excluding hydrogens is 265 g/mol. The van der Waals surface area contributed by atoms with E-state index in [1.54, 1.807) is 13.1 Å². The average molecular weight is 283 g/mol. The smallest absolute Gasteiger partial charge is 0.212 e. The molecule has 0 bridgehead atoms. The Bertz CT molecular complexity index is 783. The van der Waals surface area contributed by atoms with Crippen molar-refractivity contribution in [1.29, 1.82) is 0 Å².